The second kappa shape index (κ2) is 5.97. The summed E-state index contributed by atoms with van der Waals surface area (Å²) >= 11 is 11.9. The van der Waals surface area contributed by atoms with E-state index < -0.39 is 23.7 Å². The summed E-state index contributed by atoms with van der Waals surface area (Å²) in [4.78, 5) is 10.6. The minimum atomic E-state index is -1.16. The van der Waals surface area contributed by atoms with Crippen LogP contribution in [0.1, 0.15) is 6.92 Å². The zero-order valence-electron chi connectivity index (χ0n) is 8.98. The molecule has 3 atom stereocenters. The fourth-order valence-corrected chi connectivity index (χ4v) is 1.97. The van der Waals surface area contributed by atoms with E-state index in [-0.39, 0.29) is 5.03 Å². The summed E-state index contributed by atoms with van der Waals surface area (Å²) in [5, 5.41) is 9.51. The van der Waals surface area contributed by atoms with Gasteiger partial charge in [-0.1, -0.05) is 23.4 Å². The Hall–Kier alpha value is -1.15. The lowest BCUT2D eigenvalue weighted by molar-refractivity contribution is 0.0345. The van der Waals surface area contributed by atoms with Crippen LogP contribution in [0.25, 0.3) is 0 Å². The highest BCUT2D eigenvalue weighted by Gasteiger charge is 2.28. The average Bonchev–Trinajstić information content (AvgIpc) is 2.38. The van der Waals surface area contributed by atoms with Crippen molar-refractivity contribution in [2.75, 3.05) is 0 Å². The number of primary amides is 1. The maximum atomic E-state index is 10.6. The molecule has 17 heavy (non-hydrogen) atoms. The first kappa shape index (κ1) is 13.9. The Labute approximate surface area is 109 Å². The molecule has 6 heteroatoms. The van der Waals surface area contributed by atoms with Crippen LogP contribution in [0, 0.1) is 11.8 Å². The van der Waals surface area contributed by atoms with Crippen molar-refractivity contribution in [3.63, 3.8) is 0 Å². The highest BCUT2D eigenvalue weighted by atomic mass is 35.5. The first-order valence-electron chi connectivity index (χ1n) is 4.79. The number of hydrogen-bond donors (Lipinski definition) is 2. The van der Waals surface area contributed by atoms with E-state index >= 15 is 0 Å². The van der Waals surface area contributed by atoms with Gasteiger partial charge in [0.25, 0.3) is 0 Å². The Bertz CT molecular complexity index is 434. The van der Waals surface area contributed by atoms with Gasteiger partial charge in [-0.15, -0.1) is 11.6 Å². The Morgan fingerprint density at radius 3 is 2.94 bits per heavy atom. The van der Waals surface area contributed by atoms with E-state index in [4.69, 9.17) is 28.9 Å². The zero-order chi connectivity index (χ0) is 13.0. The molecule has 0 bridgehead atoms. The Morgan fingerprint density at radius 1 is 1.71 bits per heavy atom. The minimum absolute atomic E-state index is 0.259. The zero-order valence-corrected chi connectivity index (χ0v) is 10.5. The number of alkyl halides is 1. The molecule has 0 spiro atoms. The first-order chi connectivity index (χ1) is 7.93. The topological polar surface area (TPSA) is 72.5 Å². The van der Waals surface area contributed by atoms with Crippen LogP contribution in [0.2, 0.25) is 0 Å². The van der Waals surface area contributed by atoms with E-state index in [1.54, 1.807) is 0 Å². The summed E-state index contributed by atoms with van der Waals surface area (Å²) in [6.07, 6.45) is 0.0544. The predicted octanol–water partition coefficient (Wildman–Crippen LogP) is 1.50. The van der Waals surface area contributed by atoms with Gasteiger partial charge >= 0.3 is 6.09 Å². The summed E-state index contributed by atoms with van der Waals surface area (Å²) in [6.45, 7) is 1.48. The number of amides is 1. The van der Waals surface area contributed by atoms with Gasteiger partial charge in [-0.3, -0.25) is 0 Å². The Morgan fingerprint density at radius 2 is 2.35 bits per heavy atom. The van der Waals surface area contributed by atoms with Gasteiger partial charge in [0.05, 0.1) is 0 Å². The van der Waals surface area contributed by atoms with Crippen LogP contribution in [0.5, 0.6) is 0 Å². The van der Waals surface area contributed by atoms with Crippen molar-refractivity contribution in [1.82, 2.24) is 0 Å². The molecule has 0 radical (unpaired) electrons. The molecule has 0 fully saturated rings. The summed E-state index contributed by atoms with van der Waals surface area (Å²) in [5.74, 6) is 5.33. The van der Waals surface area contributed by atoms with Gasteiger partial charge in [-0.25, -0.2) is 4.79 Å². The van der Waals surface area contributed by atoms with Crippen LogP contribution in [-0.4, -0.2) is 28.8 Å². The second-order valence-corrected chi connectivity index (χ2v) is 4.22. The SMILES string of the molecule is CC(OC(N)=O)C(O)C1=C(Cl)C=CC#CC1Cl. The normalized spacial score (nSPS) is 22.2. The number of aliphatic hydroxyl groups excluding tert-OH is 1. The number of ether oxygens (including phenoxy) is 1. The van der Waals surface area contributed by atoms with Crippen LogP contribution in [0.15, 0.2) is 22.8 Å². The van der Waals surface area contributed by atoms with Crippen molar-refractivity contribution in [3.8, 4) is 11.8 Å². The smallest absolute Gasteiger partial charge is 0.404 e. The number of allylic oxidation sites excluding steroid dienone is 3. The molecule has 4 nitrogen and oxygen atoms in total. The van der Waals surface area contributed by atoms with Gasteiger partial charge in [-0.05, 0) is 19.1 Å². The van der Waals surface area contributed by atoms with E-state index in [0.717, 1.165) is 0 Å². The maximum Gasteiger partial charge on any atom is 0.404 e. The number of carbonyl (C=O) groups excluding carboxylic acids is 1. The van der Waals surface area contributed by atoms with E-state index in [1.165, 1.54) is 19.1 Å². The van der Waals surface area contributed by atoms with Gasteiger partial charge in [-0.2, -0.15) is 0 Å². The van der Waals surface area contributed by atoms with Gasteiger partial charge in [0.15, 0.2) is 0 Å². The molecule has 0 aromatic heterocycles. The molecule has 0 aliphatic heterocycles. The van der Waals surface area contributed by atoms with E-state index in [2.05, 4.69) is 16.6 Å². The minimum Gasteiger partial charge on any atom is -0.444 e. The van der Waals surface area contributed by atoms with Crippen LogP contribution in [0.3, 0.4) is 0 Å². The largest absolute Gasteiger partial charge is 0.444 e. The number of hydrogen-bond acceptors (Lipinski definition) is 3. The summed E-state index contributed by atoms with van der Waals surface area (Å²) in [7, 11) is 0. The van der Waals surface area contributed by atoms with E-state index in [1.807, 2.05) is 0 Å². The molecule has 0 aromatic carbocycles. The monoisotopic (exact) mass is 275 g/mol. The third-order valence-corrected chi connectivity index (χ3v) is 2.83. The van der Waals surface area contributed by atoms with Crippen molar-refractivity contribution in [1.29, 1.82) is 0 Å². The fourth-order valence-electron chi connectivity index (χ4n) is 1.32. The predicted molar refractivity (Wildman–Crippen MR) is 65.6 cm³/mol. The highest BCUT2D eigenvalue weighted by molar-refractivity contribution is 6.33. The third-order valence-electron chi connectivity index (χ3n) is 2.14. The average molecular weight is 276 g/mol. The maximum absolute atomic E-state index is 10.6. The Kier molecular flexibility index (Phi) is 4.88. The Balaban J connectivity index is 2.94. The molecule has 1 aliphatic rings. The van der Waals surface area contributed by atoms with Crippen molar-refractivity contribution in [2.24, 2.45) is 5.73 Å². The quantitative estimate of drug-likeness (QED) is 0.606. The summed E-state index contributed by atoms with van der Waals surface area (Å²) in [5.41, 5.74) is 5.16. The number of nitrogens with two attached hydrogens (primary N) is 1. The molecule has 3 N–H and O–H groups in total. The van der Waals surface area contributed by atoms with Gasteiger partial charge in [0, 0.05) is 10.6 Å². The lowest BCUT2D eigenvalue weighted by Gasteiger charge is -2.22. The molecule has 0 saturated carbocycles. The molecule has 0 saturated heterocycles. The fraction of sp³-hybridized carbons (Fsp3) is 0.364. The third kappa shape index (κ3) is 3.67. The van der Waals surface area contributed by atoms with Crippen LogP contribution >= 0.6 is 23.2 Å². The van der Waals surface area contributed by atoms with Gasteiger partial charge < -0.3 is 15.6 Å². The van der Waals surface area contributed by atoms with Crippen LogP contribution in [0.4, 0.5) is 4.79 Å². The molecule has 0 heterocycles. The van der Waals surface area contributed by atoms with Crippen molar-refractivity contribution < 1.29 is 14.6 Å². The lowest BCUT2D eigenvalue weighted by Crippen LogP contribution is -2.34. The molecule has 3 unspecified atom stereocenters. The summed E-state index contributed by atoms with van der Waals surface area (Å²) < 4.78 is 4.67. The van der Waals surface area contributed by atoms with E-state index in [0.29, 0.717) is 5.57 Å². The highest BCUT2D eigenvalue weighted by Crippen LogP contribution is 2.26. The van der Waals surface area contributed by atoms with Crippen molar-refractivity contribution in [2.45, 2.75) is 24.5 Å². The molecule has 1 aliphatic carbocycles. The molecule has 1 amide bonds. The molecular weight excluding hydrogens is 265 g/mol. The number of rotatable bonds is 3. The number of aliphatic hydroxyl groups is 1. The first-order valence-corrected chi connectivity index (χ1v) is 5.60. The molecular formula is C11H11Cl2NO3. The molecule has 92 valence electrons. The van der Waals surface area contributed by atoms with Crippen LogP contribution < -0.4 is 5.73 Å². The molecule has 1 rings (SSSR count). The number of carbonyl (C=O) groups is 1. The van der Waals surface area contributed by atoms with Crippen molar-refractivity contribution in [3.05, 3.63) is 22.8 Å². The second-order valence-electron chi connectivity index (χ2n) is 3.37. The lowest BCUT2D eigenvalue weighted by atomic mass is 10.0. The number of halogens is 2. The van der Waals surface area contributed by atoms with E-state index in [9.17, 15) is 9.90 Å². The summed E-state index contributed by atoms with van der Waals surface area (Å²) in [6, 6.07) is 0. The van der Waals surface area contributed by atoms with Gasteiger partial charge in [0.2, 0.25) is 0 Å². The molecule has 0 aromatic rings. The van der Waals surface area contributed by atoms with Crippen LogP contribution in [-0.2, 0) is 4.74 Å². The standard InChI is InChI=1S/C11H11Cl2NO3/c1-6(17-11(14)16)10(15)9-7(12)4-2-3-5-8(9)13/h2,4,6,8,10,15H,1H3,(H2,14,16). The van der Waals surface area contributed by atoms with Gasteiger partial charge in [0.1, 0.15) is 17.6 Å². The van der Waals surface area contributed by atoms with Crippen molar-refractivity contribution >= 4 is 29.3 Å².